The summed E-state index contributed by atoms with van der Waals surface area (Å²) in [6.07, 6.45) is 26.6. The van der Waals surface area contributed by atoms with Crippen molar-refractivity contribution >= 4 is 12.1 Å². The van der Waals surface area contributed by atoms with Crippen LogP contribution in [0.4, 0.5) is 0 Å². The Morgan fingerprint density at radius 2 is 2.10 bits per heavy atom. The molecule has 3 rings (SSSR count). The first-order valence-corrected chi connectivity index (χ1v) is 12.0. The molecule has 2 N–H and O–H groups in total. The molecule has 0 bridgehead atoms. The highest BCUT2D eigenvalue weighted by Gasteiger charge is 2.19. The van der Waals surface area contributed by atoms with Crippen LogP contribution in [0.25, 0.3) is 0 Å². The van der Waals surface area contributed by atoms with Crippen LogP contribution < -0.4 is 10.6 Å². The lowest BCUT2D eigenvalue weighted by molar-refractivity contribution is -0.117. The third kappa shape index (κ3) is 7.62. The fraction of sp³-hybridized carbons (Fsp3) is 0.615. The smallest absolute Gasteiger partial charge is 0.250 e. The molecule has 0 aromatic carbocycles. The first kappa shape index (κ1) is 22.6. The first-order chi connectivity index (χ1) is 14.7. The van der Waals surface area contributed by atoms with E-state index in [4.69, 9.17) is 0 Å². The molecule has 2 aliphatic carbocycles. The van der Waals surface area contributed by atoms with Crippen molar-refractivity contribution in [3.8, 4) is 0 Å². The Hall–Kier alpha value is -2.10. The number of hydrogen-bond acceptors (Lipinski definition) is 3. The molecule has 1 heterocycles. The number of nitrogens with zero attached hydrogens (tertiary/aromatic N) is 1. The fourth-order valence-electron chi connectivity index (χ4n) is 4.74. The summed E-state index contributed by atoms with van der Waals surface area (Å²) in [5.41, 5.74) is 2.03. The molecule has 2 unspecified atom stereocenters. The van der Waals surface area contributed by atoms with Crippen LogP contribution in [0.1, 0.15) is 77.0 Å². The van der Waals surface area contributed by atoms with Crippen LogP contribution in [-0.2, 0) is 4.79 Å². The van der Waals surface area contributed by atoms with Crippen molar-refractivity contribution < 1.29 is 4.79 Å². The van der Waals surface area contributed by atoms with Gasteiger partial charge in [-0.25, -0.2) is 0 Å². The highest BCUT2D eigenvalue weighted by molar-refractivity contribution is 5.95. The van der Waals surface area contributed by atoms with Gasteiger partial charge >= 0.3 is 0 Å². The maximum Gasteiger partial charge on any atom is 0.250 e. The average Bonchev–Trinajstić information content (AvgIpc) is 2.79. The van der Waals surface area contributed by atoms with Crippen LogP contribution in [0.3, 0.4) is 0 Å². The van der Waals surface area contributed by atoms with Gasteiger partial charge < -0.3 is 10.6 Å². The molecular weight excluding hydrogens is 370 g/mol. The SMILES string of the molecule is C=C/C(=C\CCCC1CC=NC(NC2=CC=CCC2)C1)C(=O)NCC1CCCCC1. The predicted molar refractivity (Wildman–Crippen MR) is 126 cm³/mol. The highest BCUT2D eigenvalue weighted by atomic mass is 16.1. The zero-order valence-electron chi connectivity index (χ0n) is 18.5. The molecule has 0 aromatic rings. The zero-order valence-corrected chi connectivity index (χ0v) is 18.5. The van der Waals surface area contributed by atoms with Gasteiger partial charge in [-0.05, 0) is 75.7 Å². The number of carbonyl (C=O) groups is 1. The third-order valence-corrected chi connectivity index (χ3v) is 6.59. The number of aliphatic imine (C=N–C) groups is 1. The Labute approximate surface area is 182 Å². The van der Waals surface area contributed by atoms with Crippen LogP contribution in [0.15, 0.2) is 53.2 Å². The molecule has 0 radical (unpaired) electrons. The summed E-state index contributed by atoms with van der Waals surface area (Å²) in [6, 6.07) is 0. The van der Waals surface area contributed by atoms with Crippen molar-refractivity contribution in [3.05, 3.63) is 48.2 Å². The lowest BCUT2D eigenvalue weighted by Crippen LogP contribution is -2.32. The van der Waals surface area contributed by atoms with Gasteiger partial charge in [-0.2, -0.15) is 0 Å². The van der Waals surface area contributed by atoms with E-state index in [1.54, 1.807) is 6.08 Å². The highest BCUT2D eigenvalue weighted by Crippen LogP contribution is 2.24. The molecule has 1 amide bonds. The molecule has 4 heteroatoms. The predicted octanol–water partition coefficient (Wildman–Crippen LogP) is 5.60. The molecule has 3 aliphatic rings. The fourth-order valence-corrected chi connectivity index (χ4v) is 4.74. The van der Waals surface area contributed by atoms with Crippen LogP contribution >= 0.6 is 0 Å². The van der Waals surface area contributed by atoms with Gasteiger partial charge in [0.1, 0.15) is 6.17 Å². The second-order valence-electron chi connectivity index (χ2n) is 9.00. The largest absolute Gasteiger partial charge is 0.367 e. The minimum absolute atomic E-state index is 0.0412. The second-order valence-corrected chi connectivity index (χ2v) is 9.00. The maximum absolute atomic E-state index is 12.5. The third-order valence-electron chi connectivity index (χ3n) is 6.59. The summed E-state index contributed by atoms with van der Waals surface area (Å²) < 4.78 is 0. The van der Waals surface area contributed by atoms with Crippen molar-refractivity contribution in [2.24, 2.45) is 16.8 Å². The molecule has 0 saturated heterocycles. The Balaban J connectivity index is 1.35. The Bertz CT molecular complexity index is 682. The minimum Gasteiger partial charge on any atom is -0.367 e. The molecular formula is C26H39N3O. The number of unbranched alkanes of at least 4 members (excludes halogenated alkanes) is 1. The average molecular weight is 410 g/mol. The molecule has 1 aliphatic heterocycles. The van der Waals surface area contributed by atoms with E-state index < -0.39 is 0 Å². The van der Waals surface area contributed by atoms with E-state index in [2.05, 4.69) is 52.7 Å². The summed E-state index contributed by atoms with van der Waals surface area (Å²) in [5.74, 6) is 1.36. The molecule has 1 fully saturated rings. The van der Waals surface area contributed by atoms with Gasteiger partial charge in [0.05, 0.1) is 0 Å². The van der Waals surface area contributed by atoms with E-state index in [0.29, 0.717) is 11.8 Å². The van der Waals surface area contributed by atoms with Gasteiger partial charge in [0.25, 0.3) is 5.91 Å². The quantitative estimate of drug-likeness (QED) is 0.280. The van der Waals surface area contributed by atoms with Crippen LogP contribution in [-0.4, -0.2) is 24.8 Å². The molecule has 164 valence electrons. The van der Waals surface area contributed by atoms with E-state index >= 15 is 0 Å². The van der Waals surface area contributed by atoms with E-state index in [-0.39, 0.29) is 12.1 Å². The van der Waals surface area contributed by atoms with Gasteiger partial charge in [0, 0.05) is 24.0 Å². The molecule has 4 nitrogen and oxygen atoms in total. The summed E-state index contributed by atoms with van der Waals surface area (Å²) in [4.78, 5) is 17.1. The topological polar surface area (TPSA) is 53.5 Å². The van der Waals surface area contributed by atoms with Crippen molar-refractivity contribution in [1.29, 1.82) is 0 Å². The van der Waals surface area contributed by atoms with Crippen LogP contribution in [0.5, 0.6) is 0 Å². The van der Waals surface area contributed by atoms with E-state index in [0.717, 1.165) is 50.6 Å². The van der Waals surface area contributed by atoms with Crippen molar-refractivity contribution in [2.45, 2.75) is 83.2 Å². The summed E-state index contributed by atoms with van der Waals surface area (Å²) in [5, 5.41) is 6.72. The second kappa shape index (κ2) is 12.6. The number of allylic oxidation sites excluding steroid dienone is 5. The summed E-state index contributed by atoms with van der Waals surface area (Å²) in [7, 11) is 0. The molecule has 30 heavy (non-hydrogen) atoms. The van der Waals surface area contributed by atoms with E-state index in [1.165, 1.54) is 44.2 Å². The number of hydrogen-bond donors (Lipinski definition) is 2. The molecule has 0 spiro atoms. The van der Waals surface area contributed by atoms with Gasteiger partial charge in [0.15, 0.2) is 0 Å². The van der Waals surface area contributed by atoms with Crippen molar-refractivity contribution in [2.75, 3.05) is 6.54 Å². The van der Waals surface area contributed by atoms with Crippen molar-refractivity contribution in [1.82, 2.24) is 10.6 Å². The summed E-state index contributed by atoms with van der Waals surface area (Å²) >= 11 is 0. The number of amides is 1. The normalized spacial score (nSPS) is 24.9. The van der Waals surface area contributed by atoms with Gasteiger partial charge in [-0.15, -0.1) is 0 Å². The van der Waals surface area contributed by atoms with Crippen LogP contribution in [0, 0.1) is 11.8 Å². The van der Waals surface area contributed by atoms with Gasteiger partial charge in [-0.3, -0.25) is 9.79 Å². The molecule has 0 aromatic heterocycles. The standard InChI is InChI=1S/C26H39N3O/c1-2-23(26(30)28-20-22-12-5-3-6-13-22)14-10-9-11-21-17-18-27-25(19-21)29-24-15-7-4-8-16-24/h2,4,7,14-15,18,21-22,25,29H,1,3,5-6,8-13,16-17,19-20H2,(H,28,30)/b23-14+. The lowest BCUT2D eigenvalue weighted by atomic mass is 9.89. The van der Waals surface area contributed by atoms with Gasteiger partial charge in [0.2, 0.25) is 0 Å². The Morgan fingerprint density at radius 3 is 2.87 bits per heavy atom. The maximum atomic E-state index is 12.5. The van der Waals surface area contributed by atoms with E-state index in [1.807, 2.05) is 0 Å². The molecule has 2 atom stereocenters. The first-order valence-electron chi connectivity index (χ1n) is 12.0. The number of carbonyl (C=O) groups excluding carboxylic acids is 1. The molecule has 1 saturated carbocycles. The van der Waals surface area contributed by atoms with E-state index in [9.17, 15) is 4.79 Å². The van der Waals surface area contributed by atoms with Gasteiger partial charge in [-0.1, -0.05) is 50.1 Å². The Kier molecular flexibility index (Phi) is 9.46. The van der Waals surface area contributed by atoms with Crippen molar-refractivity contribution in [3.63, 3.8) is 0 Å². The minimum atomic E-state index is 0.0412. The lowest BCUT2D eigenvalue weighted by Gasteiger charge is -2.27. The number of rotatable bonds is 10. The van der Waals surface area contributed by atoms with Crippen LogP contribution in [0.2, 0.25) is 0 Å². The number of nitrogens with one attached hydrogen (secondary N) is 2. The Morgan fingerprint density at radius 1 is 1.23 bits per heavy atom. The zero-order chi connectivity index (χ0) is 21.0. The summed E-state index contributed by atoms with van der Waals surface area (Å²) in [6.45, 7) is 4.66. The monoisotopic (exact) mass is 409 g/mol.